The molecule has 2 heterocycles. The Morgan fingerprint density at radius 2 is 1.83 bits per heavy atom. The average molecular weight is 392 g/mol. The third kappa shape index (κ3) is 2.99. The normalized spacial score (nSPS) is 25.6. The molecule has 5 nitrogen and oxygen atoms in total. The molecule has 2 fully saturated rings. The first-order chi connectivity index (χ1) is 14.1. The van der Waals surface area contributed by atoms with Crippen LogP contribution in [0.15, 0.2) is 42.5 Å². The van der Waals surface area contributed by atoms with Gasteiger partial charge < -0.3 is 19.6 Å². The number of benzene rings is 2. The lowest BCUT2D eigenvalue weighted by Crippen LogP contribution is -2.48. The van der Waals surface area contributed by atoms with E-state index in [9.17, 15) is 9.90 Å². The number of hydrogen-bond donors (Lipinski definition) is 1. The van der Waals surface area contributed by atoms with Crippen LogP contribution in [0.1, 0.15) is 30.9 Å². The molecular weight excluding hydrogens is 364 g/mol. The Labute approximate surface area is 171 Å². The van der Waals surface area contributed by atoms with Crippen LogP contribution in [0, 0.1) is 11.8 Å². The second-order valence-corrected chi connectivity index (χ2v) is 8.57. The summed E-state index contributed by atoms with van der Waals surface area (Å²) in [6.45, 7) is 0.907. The third-order valence-electron chi connectivity index (χ3n) is 6.98. The smallest absolute Gasteiger partial charge is 0.226 e. The van der Waals surface area contributed by atoms with Gasteiger partial charge in [0.15, 0.2) is 0 Å². The lowest BCUT2D eigenvalue weighted by Gasteiger charge is -2.44. The molecule has 0 aromatic heterocycles. The largest absolute Gasteiger partial charge is 0.497 e. The molecule has 0 spiro atoms. The van der Waals surface area contributed by atoms with Gasteiger partial charge in [-0.1, -0.05) is 18.2 Å². The first kappa shape index (κ1) is 18.5. The maximum absolute atomic E-state index is 13.0. The van der Waals surface area contributed by atoms with Gasteiger partial charge in [0.2, 0.25) is 5.91 Å². The van der Waals surface area contributed by atoms with Crippen LogP contribution in [0.4, 0.5) is 5.69 Å². The molecule has 1 aliphatic carbocycles. The number of likely N-dealkylation sites (tertiary alicyclic amines) is 1. The van der Waals surface area contributed by atoms with Crippen molar-refractivity contribution in [3.63, 3.8) is 0 Å². The molecule has 2 aromatic carbocycles. The van der Waals surface area contributed by atoms with Gasteiger partial charge in [-0.05, 0) is 60.2 Å². The maximum Gasteiger partial charge on any atom is 0.226 e. The molecular formula is C24H28N2O3. The summed E-state index contributed by atoms with van der Waals surface area (Å²) in [6.07, 6.45) is 2.99. The summed E-state index contributed by atoms with van der Waals surface area (Å²) in [6, 6.07) is 14.7. The van der Waals surface area contributed by atoms with E-state index in [4.69, 9.17) is 4.74 Å². The van der Waals surface area contributed by atoms with E-state index < -0.39 is 0 Å². The summed E-state index contributed by atoms with van der Waals surface area (Å²) in [5.41, 5.74) is 4.61. The Morgan fingerprint density at radius 3 is 2.48 bits per heavy atom. The van der Waals surface area contributed by atoms with E-state index in [2.05, 4.69) is 47.2 Å². The Balaban J connectivity index is 1.58. The minimum atomic E-state index is 0.0522. The van der Waals surface area contributed by atoms with Gasteiger partial charge in [0, 0.05) is 31.1 Å². The number of likely N-dealkylation sites (N-methyl/N-ethyl adjacent to an activating group) is 1. The molecule has 5 rings (SSSR count). The van der Waals surface area contributed by atoms with Crippen molar-refractivity contribution >= 4 is 11.6 Å². The van der Waals surface area contributed by atoms with Gasteiger partial charge in [-0.3, -0.25) is 4.79 Å². The summed E-state index contributed by atoms with van der Waals surface area (Å²) in [5.74, 6) is 1.63. The number of hydrogen-bond acceptors (Lipinski definition) is 4. The van der Waals surface area contributed by atoms with Crippen LogP contribution in [0.2, 0.25) is 0 Å². The van der Waals surface area contributed by atoms with E-state index in [0.717, 1.165) is 48.4 Å². The first-order valence-electron chi connectivity index (χ1n) is 10.5. The molecule has 2 aliphatic heterocycles. The highest BCUT2D eigenvalue weighted by molar-refractivity contribution is 5.83. The molecule has 29 heavy (non-hydrogen) atoms. The number of carbonyl (C=O) groups excluding carboxylic acids is 1. The summed E-state index contributed by atoms with van der Waals surface area (Å²) in [4.78, 5) is 17.3. The lowest BCUT2D eigenvalue weighted by molar-refractivity contribution is -0.134. The minimum absolute atomic E-state index is 0.0522. The van der Waals surface area contributed by atoms with Crippen molar-refractivity contribution < 1.29 is 14.6 Å². The number of rotatable bonds is 4. The van der Waals surface area contributed by atoms with E-state index in [1.54, 1.807) is 7.11 Å². The molecule has 3 atom stereocenters. The predicted molar refractivity (Wildman–Crippen MR) is 113 cm³/mol. The zero-order valence-electron chi connectivity index (χ0n) is 17.0. The van der Waals surface area contributed by atoms with Crippen molar-refractivity contribution in [3.05, 3.63) is 48.0 Å². The average Bonchev–Trinajstić information content (AvgIpc) is 3.52. The molecule has 0 unspecified atom stereocenters. The minimum Gasteiger partial charge on any atom is -0.497 e. The molecule has 152 valence electrons. The van der Waals surface area contributed by atoms with E-state index in [1.807, 2.05) is 12.1 Å². The molecule has 1 amide bonds. The van der Waals surface area contributed by atoms with Crippen molar-refractivity contribution in [2.75, 3.05) is 32.2 Å². The molecule has 1 saturated carbocycles. The number of nitrogens with zero attached hydrogens (tertiary/aromatic N) is 2. The molecule has 2 aromatic rings. The summed E-state index contributed by atoms with van der Waals surface area (Å²) >= 11 is 0. The van der Waals surface area contributed by atoms with Crippen LogP contribution in [0.25, 0.3) is 11.1 Å². The van der Waals surface area contributed by atoms with E-state index in [0.29, 0.717) is 5.91 Å². The number of aliphatic hydroxyl groups excluding tert-OH is 1. The fourth-order valence-electron chi connectivity index (χ4n) is 5.23. The number of aliphatic hydroxyl groups is 1. The number of amides is 1. The van der Waals surface area contributed by atoms with Gasteiger partial charge in [0.05, 0.1) is 25.8 Å². The molecule has 0 radical (unpaired) electrons. The van der Waals surface area contributed by atoms with Gasteiger partial charge >= 0.3 is 0 Å². The number of anilines is 1. The highest BCUT2D eigenvalue weighted by atomic mass is 16.5. The van der Waals surface area contributed by atoms with Gasteiger partial charge in [0.1, 0.15) is 5.75 Å². The van der Waals surface area contributed by atoms with Crippen LogP contribution in [0.5, 0.6) is 5.75 Å². The topological polar surface area (TPSA) is 53.0 Å². The molecule has 1 saturated heterocycles. The number of carbonyl (C=O) groups is 1. The highest BCUT2D eigenvalue weighted by Gasteiger charge is 2.49. The first-order valence-corrected chi connectivity index (χ1v) is 10.5. The van der Waals surface area contributed by atoms with Crippen LogP contribution in [-0.2, 0) is 4.79 Å². The number of ether oxygens (including phenoxy) is 1. The molecule has 1 N–H and O–H groups in total. The zero-order chi connectivity index (χ0) is 20.1. The van der Waals surface area contributed by atoms with Gasteiger partial charge in [-0.25, -0.2) is 0 Å². The van der Waals surface area contributed by atoms with Crippen molar-refractivity contribution in [1.29, 1.82) is 0 Å². The van der Waals surface area contributed by atoms with Crippen molar-refractivity contribution in [2.24, 2.45) is 11.8 Å². The Bertz CT molecular complexity index is 922. The predicted octanol–water partition coefficient (Wildman–Crippen LogP) is 3.47. The fourth-order valence-corrected chi connectivity index (χ4v) is 5.23. The van der Waals surface area contributed by atoms with Crippen molar-refractivity contribution in [3.8, 4) is 16.9 Å². The Hall–Kier alpha value is -2.53. The second kappa shape index (κ2) is 7.06. The Kier molecular flexibility index (Phi) is 4.50. The van der Waals surface area contributed by atoms with E-state index >= 15 is 0 Å². The highest BCUT2D eigenvalue weighted by Crippen LogP contribution is 2.50. The van der Waals surface area contributed by atoms with E-state index in [-0.39, 0.29) is 30.5 Å². The summed E-state index contributed by atoms with van der Waals surface area (Å²) in [5, 5.41) is 10.1. The second-order valence-electron chi connectivity index (χ2n) is 8.57. The zero-order valence-corrected chi connectivity index (χ0v) is 17.0. The quantitative estimate of drug-likeness (QED) is 0.866. The number of methoxy groups -OCH3 is 1. The van der Waals surface area contributed by atoms with Gasteiger partial charge in [-0.2, -0.15) is 0 Å². The molecule has 3 aliphatic rings. The summed E-state index contributed by atoms with van der Waals surface area (Å²) in [7, 11) is 3.74. The van der Waals surface area contributed by atoms with Gasteiger partial charge in [0.25, 0.3) is 0 Å². The molecule has 0 bridgehead atoms. The number of fused-ring (bicyclic) bond motifs is 3. The van der Waals surface area contributed by atoms with Crippen molar-refractivity contribution in [1.82, 2.24) is 4.90 Å². The third-order valence-corrected chi connectivity index (χ3v) is 6.98. The maximum atomic E-state index is 13.0. The van der Waals surface area contributed by atoms with E-state index in [1.165, 1.54) is 5.56 Å². The monoisotopic (exact) mass is 392 g/mol. The van der Waals surface area contributed by atoms with Crippen LogP contribution in [-0.4, -0.2) is 49.3 Å². The van der Waals surface area contributed by atoms with Crippen LogP contribution >= 0.6 is 0 Å². The van der Waals surface area contributed by atoms with Crippen LogP contribution in [0.3, 0.4) is 0 Å². The standard InChI is InChI=1S/C24H28N2O3/c1-25-21-10-7-17(15-5-8-18(29-2)9-6-15)13-20(21)23-19(22(25)14-27)11-12-26(23)24(28)16-3-4-16/h5-10,13,16,19,22-23,27H,3-4,11-12,14H2,1-2H3/t19-,22+,23-/m0/s1. The Morgan fingerprint density at radius 1 is 1.10 bits per heavy atom. The van der Waals surface area contributed by atoms with Crippen molar-refractivity contribution in [2.45, 2.75) is 31.3 Å². The summed E-state index contributed by atoms with van der Waals surface area (Å²) < 4.78 is 5.28. The molecule has 5 heteroatoms. The lowest BCUT2D eigenvalue weighted by atomic mass is 9.81. The van der Waals surface area contributed by atoms with Crippen LogP contribution < -0.4 is 9.64 Å². The van der Waals surface area contributed by atoms with Gasteiger partial charge in [-0.15, -0.1) is 0 Å². The fraction of sp³-hybridized carbons (Fsp3) is 0.458. The SMILES string of the molecule is COc1ccc(-c2ccc3c(c2)[C@@H]2[C@@H](CCN2C(=O)C2CC2)[C@@H](CO)N3C)cc1.